The summed E-state index contributed by atoms with van der Waals surface area (Å²) in [5.74, 6) is 0.364. The highest BCUT2D eigenvalue weighted by Crippen LogP contribution is 2.34. The standard InChI is InChI=1S/C16H18N4O3S/c1-9-15(22)18-11-7-10(4-5-13(11)23-9)12-8-24-16(19-12)20-14(21)3-2-6-17/h4-5,7-9H,2-3,6,17H2,1H3,(H,18,22)(H,19,20,21). The molecular formula is C16H18N4O3S. The Morgan fingerprint density at radius 2 is 2.33 bits per heavy atom. The number of aromatic nitrogens is 1. The van der Waals surface area contributed by atoms with Gasteiger partial charge >= 0.3 is 0 Å². The van der Waals surface area contributed by atoms with Gasteiger partial charge in [0.05, 0.1) is 11.4 Å². The van der Waals surface area contributed by atoms with Gasteiger partial charge in [-0.15, -0.1) is 11.3 Å². The number of benzene rings is 1. The quantitative estimate of drug-likeness (QED) is 0.769. The van der Waals surface area contributed by atoms with E-state index >= 15 is 0 Å². The number of nitrogens with two attached hydrogens (primary N) is 1. The van der Waals surface area contributed by atoms with Crippen molar-refractivity contribution in [1.29, 1.82) is 0 Å². The third kappa shape index (κ3) is 3.55. The Hall–Kier alpha value is -2.45. The zero-order valence-corrected chi connectivity index (χ0v) is 14.0. The molecule has 1 aromatic carbocycles. The number of thiazole rings is 1. The first-order chi connectivity index (χ1) is 11.6. The van der Waals surface area contributed by atoms with E-state index in [1.807, 2.05) is 17.5 Å². The topological polar surface area (TPSA) is 106 Å². The summed E-state index contributed by atoms with van der Waals surface area (Å²) in [5.41, 5.74) is 7.58. The minimum atomic E-state index is -0.502. The molecule has 126 valence electrons. The van der Waals surface area contributed by atoms with Crippen LogP contribution in [-0.4, -0.2) is 29.4 Å². The second kappa shape index (κ2) is 6.98. The van der Waals surface area contributed by atoms with Gasteiger partial charge in [-0.3, -0.25) is 9.59 Å². The SMILES string of the molecule is CC1Oc2ccc(-c3csc(NC(=O)CCCN)n3)cc2NC1=O. The number of fused-ring (bicyclic) bond motifs is 1. The van der Waals surface area contributed by atoms with Crippen molar-refractivity contribution in [2.45, 2.75) is 25.9 Å². The van der Waals surface area contributed by atoms with Crippen molar-refractivity contribution in [3.05, 3.63) is 23.6 Å². The first-order valence-corrected chi connectivity index (χ1v) is 8.52. The lowest BCUT2D eigenvalue weighted by molar-refractivity contribution is -0.122. The molecule has 4 N–H and O–H groups in total. The van der Waals surface area contributed by atoms with Crippen molar-refractivity contribution in [3.63, 3.8) is 0 Å². The molecule has 2 amide bonds. The molecule has 1 aromatic heterocycles. The van der Waals surface area contributed by atoms with Gasteiger partial charge in [-0.25, -0.2) is 4.98 Å². The molecule has 0 aliphatic carbocycles. The second-order valence-electron chi connectivity index (χ2n) is 5.44. The van der Waals surface area contributed by atoms with Crippen molar-refractivity contribution < 1.29 is 14.3 Å². The van der Waals surface area contributed by atoms with Crippen molar-refractivity contribution in [2.24, 2.45) is 5.73 Å². The summed E-state index contributed by atoms with van der Waals surface area (Å²) in [4.78, 5) is 27.8. The lowest BCUT2D eigenvalue weighted by atomic mass is 10.1. The monoisotopic (exact) mass is 346 g/mol. The summed E-state index contributed by atoms with van der Waals surface area (Å²) in [6, 6.07) is 5.49. The third-order valence-electron chi connectivity index (χ3n) is 3.56. The van der Waals surface area contributed by atoms with E-state index in [2.05, 4.69) is 15.6 Å². The predicted octanol–water partition coefficient (Wildman–Crippen LogP) is 2.21. The molecule has 8 heteroatoms. The lowest BCUT2D eigenvalue weighted by Crippen LogP contribution is -2.34. The average molecular weight is 346 g/mol. The van der Waals surface area contributed by atoms with Crippen LogP contribution >= 0.6 is 11.3 Å². The summed E-state index contributed by atoms with van der Waals surface area (Å²) in [6.07, 6.45) is 0.525. The fourth-order valence-corrected chi connectivity index (χ4v) is 3.01. The number of anilines is 2. The first kappa shape index (κ1) is 16.4. The lowest BCUT2D eigenvalue weighted by Gasteiger charge is -2.23. The van der Waals surface area contributed by atoms with E-state index in [0.29, 0.717) is 36.0 Å². The van der Waals surface area contributed by atoms with E-state index in [4.69, 9.17) is 10.5 Å². The van der Waals surface area contributed by atoms with Crippen molar-refractivity contribution in [3.8, 4) is 17.0 Å². The zero-order chi connectivity index (χ0) is 17.1. The van der Waals surface area contributed by atoms with E-state index in [-0.39, 0.29) is 11.8 Å². The Morgan fingerprint density at radius 1 is 1.50 bits per heavy atom. The van der Waals surface area contributed by atoms with Gasteiger partial charge in [0.1, 0.15) is 5.75 Å². The molecule has 7 nitrogen and oxygen atoms in total. The largest absolute Gasteiger partial charge is 0.479 e. The summed E-state index contributed by atoms with van der Waals surface area (Å²) in [6.45, 7) is 2.18. The van der Waals surface area contributed by atoms with E-state index in [0.717, 1.165) is 11.3 Å². The van der Waals surface area contributed by atoms with E-state index in [1.165, 1.54) is 11.3 Å². The molecule has 0 saturated carbocycles. The summed E-state index contributed by atoms with van der Waals surface area (Å²) in [5, 5.41) is 7.97. The molecule has 0 saturated heterocycles. The molecule has 0 fully saturated rings. The van der Waals surface area contributed by atoms with Gasteiger partial charge in [-0.05, 0) is 38.1 Å². The van der Waals surface area contributed by atoms with Crippen molar-refractivity contribution in [2.75, 3.05) is 17.2 Å². The van der Waals surface area contributed by atoms with Crippen LogP contribution < -0.4 is 21.1 Å². The van der Waals surface area contributed by atoms with Crippen LogP contribution in [0.25, 0.3) is 11.3 Å². The number of hydrogen-bond donors (Lipinski definition) is 3. The molecule has 1 aliphatic rings. The Kier molecular flexibility index (Phi) is 4.77. The molecule has 2 heterocycles. The highest BCUT2D eigenvalue weighted by atomic mass is 32.1. The van der Waals surface area contributed by atoms with Crippen LogP contribution in [0, 0.1) is 0 Å². The number of carbonyl (C=O) groups excluding carboxylic acids is 2. The van der Waals surface area contributed by atoms with Crippen LogP contribution in [0.4, 0.5) is 10.8 Å². The number of carbonyl (C=O) groups is 2. The molecule has 1 atom stereocenters. The molecule has 0 radical (unpaired) electrons. The maximum absolute atomic E-state index is 11.7. The number of amides is 2. The molecule has 24 heavy (non-hydrogen) atoms. The number of nitrogens with one attached hydrogen (secondary N) is 2. The fraction of sp³-hybridized carbons (Fsp3) is 0.312. The summed E-state index contributed by atoms with van der Waals surface area (Å²) >= 11 is 1.35. The number of hydrogen-bond acceptors (Lipinski definition) is 6. The molecule has 1 unspecified atom stereocenters. The Morgan fingerprint density at radius 3 is 3.12 bits per heavy atom. The number of rotatable bonds is 5. The zero-order valence-electron chi connectivity index (χ0n) is 13.2. The maximum atomic E-state index is 11.7. The van der Waals surface area contributed by atoms with Crippen LogP contribution in [0.2, 0.25) is 0 Å². The minimum Gasteiger partial charge on any atom is -0.479 e. The highest BCUT2D eigenvalue weighted by Gasteiger charge is 2.23. The Labute approximate surface area is 143 Å². The van der Waals surface area contributed by atoms with Gasteiger partial charge in [0.25, 0.3) is 5.91 Å². The van der Waals surface area contributed by atoms with Gasteiger partial charge in [0, 0.05) is 17.4 Å². The van der Waals surface area contributed by atoms with Crippen molar-refractivity contribution in [1.82, 2.24) is 4.98 Å². The van der Waals surface area contributed by atoms with Crippen LogP contribution in [0.3, 0.4) is 0 Å². The van der Waals surface area contributed by atoms with Crippen LogP contribution in [0.1, 0.15) is 19.8 Å². The molecule has 2 aromatic rings. The molecule has 3 rings (SSSR count). The molecule has 0 bridgehead atoms. The summed E-state index contributed by atoms with van der Waals surface area (Å²) in [7, 11) is 0. The smallest absolute Gasteiger partial charge is 0.265 e. The van der Waals surface area contributed by atoms with Crippen LogP contribution in [-0.2, 0) is 9.59 Å². The minimum absolute atomic E-state index is 0.0959. The number of nitrogens with zero attached hydrogens (tertiary/aromatic N) is 1. The van der Waals surface area contributed by atoms with Crippen LogP contribution in [0.5, 0.6) is 5.75 Å². The maximum Gasteiger partial charge on any atom is 0.265 e. The first-order valence-electron chi connectivity index (χ1n) is 7.64. The normalized spacial score (nSPS) is 16.1. The Balaban J connectivity index is 1.75. The molecule has 0 spiro atoms. The van der Waals surface area contributed by atoms with Gasteiger partial charge < -0.3 is 21.1 Å². The predicted molar refractivity (Wildman–Crippen MR) is 93.2 cm³/mol. The van der Waals surface area contributed by atoms with E-state index in [1.54, 1.807) is 13.0 Å². The number of ether oxygens (including phenoxy) is 1. The van der Waals surface area contributed by atoms with Crippen molar-refractivity contribution >= 4 is 34.0 Å². The second-order valence-corrected chi connectivity index (χ2v) is 6.30. The fourth-order valence-electron chi connectivity index (χ4n) is 2.28. The Bertz CT molecular complexity index is 774. The van der Waals surface area contributed by atoms with E-state index < -0.39 is 6.10 Å². The van der Waals surface area contributed by atoms with Gasteiger partial charge in [-0.1, -0.05) is 0 Å². The van der Waals surface area contributed by atoms with E-state index in [9.17, 15) is 9.59 Å². The van der Waals surface area contributed by atoms with Gasteiger partial charge in [-0.2, -0.15) is 0 Å². The summed E-state index contributed by atoms with van der Waals surface area (Å²) < 4.78 is 5.53. The van der Waals surface area contributed by atoms with Gasteiger partial charge in [0.15, 0.2) is 11.2 Å². The van der Waals surface area contributed by atoms with Crippen LogP contribution in [0.15, 0.2) is 23.6 Å². The third-order valence-corrected chi connectivity index (χ3v) is 4.32. The van der Waals surface area contributed by atoms with Gasteiger partial charge in [0.2, 0.25) is 5.91 Å². The average Bonchev–Trinajstić information content (AvgIpc) is 3.02. The highest BCUT2D eigenvalue weighted by molar-refractivity contribution is 7.14. The molecular weight excluding hydrogens is 328 g/mol. The molecule has 1 aliphatic heterocycles.